The van der Waals surface area contributed by atoms with Crippen LogP contribution in [0, 0.1) is 11.3 Å². The van der Waals surface area contributed by atoms with Crippen molar-refractivity contribution in [1.82, 2.24) is 15.5 Å². The van der Waals surface area contributed by atoms with Gasteiger partial charge in [-0.25, -0.2) is 0 Å². The molecule has 2 heterocycles. The number of rotatable bonds is 9. The first kappa shape index (κ1) is 30.8. The van der Waals surface area contributed by atoms with E-state index >= 15 is 0 Å². The molecule has 4 rings (SSSR count). The maximum absolute atomic E-state index is 14.1. The van der Waals surface area contributed by atoms with Crippen LogP contribution in [0.3, 0.4) is 0 Å². The number of ether oxygens (including phenoxy) is 2. The van der Waals surface area contributed by atoms with Crippen LogP contribution in [0.4, 0.5) is 5.69 Å². The van der Waals surface area contributed by atoms with E-state index in [1.807, 2.05) is 20.8 Å². The highest BCUT2D eigenvalue weighted by Crippen LogP contribution is 2.44. The first-order valence-electron chi connectivity index (χ1n) is 14.2. The van der Waals surface area contributed by atoms with Gasteiger partial charge < -0.3 is 30.3 Å². The fraction of sp³-hybridized carbons (Fsp3) is 0.621. The summed E-state index contributed by atoms with van der Waals surface area (Å²) in [7, 11) is 0. The maximum Gasteiger partial charge on any atom is 0.310 e. The Bertz CT molecular complexity index is 1220. The lowest BCUT2D eigenvalue weighted by atomic mass is 9.84. The van der Waals surface area contributed by atoms with Crippen LogP contribution in [0.1, 0.15) is 77.1 Å². The van der Waals surface area contributed by atoms with Gasteiger partial charge in [-0.05, 0) is 55.7 Å². The number of carbonyl (C=O) groups excluding carboxylic acids is 5. The summed E-state index contributed by atoms with van der Waals surface area (Å²) in [5.41, 5.74) is -0.0572. The fourth-order valence-corrected chi connectivity index (χ4v) is 6.12. The van der Waals surface area contributed by atoms with Gasteiger partial charge in [-0.1, -0.05) is 39.3 Å². The zero-order valence-electron chi connectivity index (χ0n) is 24.1. The van der Waals surface area contributed by atoms with Gasteiger partial charge in [0.1, 0.15) is 18.1 Å². The molecule has 12 heteroatoms. The average molecular weight is 591 g/mol. The van der Waals surface area contributed by atoms with Crippen LogP contribution in [-0.2, 0) is 28.7 Å². The van der Waals surface area contributed by atoms with E-state index in [4.69, 9.17) is 21.1 Å². The Morgan fingerprint density at radius 2 is 1.90 bits per heavy atom. The van der Waals surface area contributed by atoms with Gasteiger partial charge >= 0.3 is 5.97 Å². The van der Waals surface area contributed by atoms with Crippen molar-refractivity contribution in [2.24, 2.45) is 11.3 Å². The number of fused-ring (bicyclic) bond motifs is 2. The lowest BCUT2D eigenvalue weighted by Gasteiger charge is -2.40. The summed E-state index contributed by atoms with van der Waals surface area (Å²) < 4.78 is 10.7. The number of likely N-dealkylation sites (tertiary alicyclic amines) is 1. The fourth-order valence-electron chi connectivity index (χ4n) is 5.89. The van der Waals surface area contributed by atoms with E-state index in [1.165, 1.54) is 12.1 Å². The van der Waals surface area contributed by atoms with Gasteiger partial charge in [-0.15, -0.1) is 0 Å². The second-order valence-corrected chi connectivity index (χ2v) is 12.3. The van der Waals surface area contributed by atoms with Gasteiger partial charge in [0.05, 0.1) is 17.1 Å². The largest absolute Gasteiger partial charge is 0.433 e. The Morgan fingerprint density at radius 3 is 2.54 bits per heavy atom. The maximum atomic E-state index is 14.1. The molecule has 11 nitrogen and oxygen atoms in total. The molecule has 3 aliphatic rings. The number of carbonyl (C=O) groups is 5. The molecule has 4 amide bonds. The number of nitrogens with one attached hydrogen (secondary N) is 3. The van der Waals surface area contributed by atoms with Crippen molar-refractivity contribution >= 4 is 46.9 Å². The molecule has 6 unspecified atom stereocenters. The van der Waals surface area contributed by atoms with Crippen molar-refractivity contribution in [3.63, 3.8) is 0 Å². The van der Waals surface area contributed by atoms with E-state index in [1.54, 1.807) is 24.8 Å². The molecule has 2 aliphatic heterocycles. The molecule has 1 aromatic rings. The molecule has 1 saturated carbocycles. The van der Waals surface area contributed by atoms with Gasteiger partial charge in [0.25, 0.3) is 5.91 Å². The van der Waals surface area contributed by atoms with Crippen molar-refractivity contribution in [2.75, 3.05) is 11.9 Å². The van der Waals surface area contributed by atoms with Crippen LogP contribution in [0.25, 0.3) is 0 Å². The summed E-state index contributed by atoms with van der Waals surface area (Å²) in [6, 6.07) is 2.10. The highest BCUT2D eigenvalue weighted by atomic mass is 35.5. The minimum Gasteiger partial charge on any atom is -0.433 e. The van der Waals surface area contributed by atoms with E-state index in [0.717, 1.165) is 12.8 Å². The number of amides is 4. The summed E-state index contributed by atoms with van der Waals surface area (Å²) in [6.07, 6.45) is 1.70. The van der Waals surface area contributed by atoms with Crippen LogP contribution in [0.2, 0.25) is 5.02 Å². The van der Waals surface area contributed by atoms with Gasteiger partial charge in [-0.3, -0.25) is 24.0 Å². The number of anilines is 1. The van der Waals surface area contributed by atoms with E-state index < -0.39 is 41.7 Å². The molecular weight excluding hydrogens is 552 g/mol. The molecule has 1 aromatic carbocycles. The predicted molar refractivity (Wildman–Crippen MR) is 151 cm³/mol. The molecule has 2 saturated heterocycles. The van der Waals surface area contributed by atoms with Crippen molar-refractivity contribution in [1.29, 1.82) is 0 Å². The number of hydrogen-bond donors (Lipinski definition) is 3. The quantitative estimate of drug-likeness (QED) is 0.375. The Balaban J connectivity index is 1.52. The third kappa shape index (κ3) is 6.67. The monoisotopic (exact) mass is 590 g/mol. The number of hydrogen-bond acceptors (Lipinski definition) is 7. The molecular formula is C29H39ClN4O7. The number of cyclic esters (lactones) is 1. The molecule has 3 N–H and O–H groups in total. The van der Waals surface area contributed by atoms with Crippen LogP contribution in [-0.4, -0.2) is 71.6 Å². The minimum atomic E-state index is -0.935. The van der Waals surface area contributed by atoms with E-state index in [0.29, 0.717) is 18.7 Å². The summed E-state index contributed by atoms with van der Waals surface area (Å²) in [5, 5.41) is 8.65. The molecule has 0 aromatic heterocycles. The number of nitrogens with zero attached hydrogens (tertiary/aromatic N) is 1. The molecule has 0 spiro atoms. The third-order valence-electron chi connectivity index (χ3n) is 7.94. The third-order valence-corrected chi connectivity index (χ3v) is 8.26. The number of piperidine rings is 1. The highest BCUT2D eigenvalue weighted by molar-refractivity contribution is 6.34. The van der Waals surface area contributed by atoms with E-state index in [9.17, 15) is 24.0 Å². The molecule has 0 radical (unpaired) electrons. The standard InChI is InChI=1S/C29H39ClN4O7/c1-6-21(35)31-19-11-9-16(13-18(19)30)25(37)33-24(29(3,4)5)27(39)34-17-10-8-15(12-17)23(34)26(38)32-20-14-22(36)41-28(20)40-7-2/h9,11,13,15,17,20,23-24,28H,6-8,10,12,14H2,1-5H3,(H,31,35)(H,32,38)(H,33,37). The second kappa shape index (κ2) is 12.4. The topological polar surface area (TPSA) is 143 Å². The average Bonchev–Trinajstić information content (AvgIpc) is 3.62. The molecule has 41 heavy (non-hydrogen) atoms. The van der Waals surface area contributed by atoms with Crippen molar-refractivity contribution in [2.45, 2.75) is 97.2 Å². The molecule has 6 atom stereocenters. The van der Waals surface area contributed by atoms with Gasteiger partial charge in [0, 0.05) is 24.6 Å². The zero-order chi connectivity index (χ0) is 30.1. The molecule has 224 valence electrons. The Hall–Kier alpha value is -3.18. The summed E-state index contributed by atoms with van der Waals surface area (Å²) in [6.45, 7) is 9.36. The predicted octanol–water partition coefficient (Wildman–Crippen LogP) is 3.01. The van der Waals surface area contributed by atoms with Gasteiger partial charge in [0.15, 0.2) is 0 Å². The number of benzene rings is 1. The van der Waals surface area contributed by atoms with E-state index in [-0.39, 0.29) is 53.1 Å². The Morgan fingerprint density at radius 1 is 1.17 bits per heavy atom. The van der Waals surface area contributed by atoms with Crippen LogP contribution >= 0.6 is 11.6 Å². The SMILES string of the molecule is CCOC1OC(=O)CC1NC(=O)C1C2CCC(C2)N1C(=O)C(NC(=O)c1ccc(NC(=O)CC)c(Cl)c1)C(C)(C)C. The second-order valence-electron chi connectivity index (χ2n) is 11.9. The lowest BCUT2D eigenvalue weighted by Crippen LogP contribution is -2.62. The smallest absolute Gasteiger partial charge is 0.310 e. The Labute approximate surface area is 245 Å². The first-order valence-corrected chi connectivity index (χ1v) is 14.6. The van der Waals surface area contributed by atoms with Crippen LogP contribution < -0.4 is 16.0 Å². The van der Waals surface area contributed by atoms with Crippen LogP contribution in [0.15, 0.2) is 18.2 Å². The van der Waals surface area contributed by atoms with Crippen molar-refractivity contribution in [3.8, 4) is 0 Å². The minimum absolute atomic E-state index is 0.00465. The summed E-state index contributed by atoms with van der Waals surface area (Å²) >= 11 is 6.32. The number of halogens is 1. The normalized spacial score (nSPS) is 26.0. The van der Waals surface area contributed by atoms with E-state index in [2.05, 4.69) is 16.0 Å². The van der Waals surface area contributed by atoms with Gasteiger partial charge in [0.2, 0.25) is 24.0 Å². The molecule has 1 aliphatic carbocycles. The molecule has 3 fully saturated rings. The summed E-state index contributed by atoms with van der Waals surface area (Å²) in [5.74, 6) is -1.87. The number of esters is 1. The zero-order valence-corrected chi connectivity index (χ0v) is 24.9. The van der Waals surface area contributed by atoms with Crippen molar-refractivity contribution < 1.29 is 33.4 Å². The first-order chi connectivity index (χ1) is 19.3. The van der Waals surface area contributed by atoms with Crippen LogP contribution in [0.5, 0.6) is 0 Å². The van der Waals surface area contributed by atoms with Crippen molar-refractivity contribution in [3.05, 3.63) is 28.8 Å². The lowest BCUT2D eigenvalue weighted by molar-refractivity contribution is -0.165. The Kier molecular flexibility index (Phi) is 9.28. The molecule has 2 bridgehead atoms. The van der Waals surface area contributed by atoms with Gasteiger partial charge in [-0.2, -0.15) is 0 Å². The summed E-state index contributed by atoms with van der Waals surface area (Å²) in [4.78, 5) is 66.3. The highest BCUT2D eigenvalue weighted by Gasteiger charge is 2.54.